The lowest BCUT2D eigenvalue weighted by Crippen LogP contribution is -2.21. The van der Waals surface area contributed by atoms with Crippen LogP contribution in [-0.4, -0.2) is 23.5 Å². The molecule has 0 saturated carbocycles. The molecule has 7 heteroatoms. The lowest BCUT2D eigenvalue weighted by Gasteiger charge is -2.10. The standard InChI is InChI=1S/C17H16ClFN2O3/c1-9-4-5-12(7-13(9)19)21-14(22)8-24-17(23)15-10(2)6-11(3)20-16(15)18/h4-7H,8H2,1-3H3,(H,21,22). The maximum atomic E-state index is 13.4. The van der Waals surface area contributed by atoms with Crippen LogP contribution >= 0.6 is 11.6 Å². The molecule has 0 bridgehead atoms. The molecule has 1 aromatic heterocycles. The number of aromatic nitrogens is 1. The topological polar surface area (TPSA) is 68.3 Å². The molecule has 0 unspecified atom stereocenters. The third-order valence-electron chi connectivity index (χ3n) is 3.29. The molecular weight excluding hydrogens is 335 g/mol. The van der Waals surface area contributed by atoms with Crippen molar-refractivity contribution in [1.29, 1.82) is 0 Å². The van der Waals surface area contributed by atoms with E-state index in [4.69, 9.17) is 16.3 Å². The number of hydrogen-bond donors (Lipinski definition) is 1. The lowest BCUT2D eigenvalue weighted by molar-refractivity contribution is -0.119. The van der Waals surface area contributed by atoms with Crippen molar-refractivity contribution in [3.8, 4) is 0 Å². The van der Waals surface area contributed by atoms with E-state index in [9.17, 15) is 14.0 Å². The minimum Gasteiger partial charge on any atom is -0.452 e. The summed E-state index contributed by atoms with van der Waals surface area (Å²) in [5.74, 6) is -1.76. The second kappa shape index (κ2) is 7.40. The van der Waals surface area contributed by atoms with E-state index < -0.39 is 24.3 Å². The van der Waals surface area contributed by atoms with Gasteiger partial charge in [-0.25, -0.2) is 14.2 Å². The molecule has 1 amide bonds. The van der Waals surface area contributed by atoms with Crippen LogP contribution in [-0.2, 0) is 9.53 Å². The number of carbonyl (C=O) groups is 2. The molecule has 1 N–H and O–H groups in total. The molecule has 0 spiro atoms. The first-order valence-electron chi connectivity index (χ1n) is 7.15. The molecule has 0 fully saturated rings. The first-order chi connectivity index (χ1) is 11.3. The van der Waals surface area contributed by atoms with Crippen molar-refractivity contribution in [3.05, 3.63) is 57.6 Å². The third kappa shape index (κ3) is 4.29. The van der Waals surface area contributed by atoms with Crippen molar-refractivity contribution in [2.45, 2.75) is 20.8 Å². The number of pyridine rings is 1. The van der Waals surface area contributed by atoms with Gasteiger partial charge >= 0.3 is 5.97 Å². The third-order valence-corrected chi connectivity index (χ3v) is 3.57. The first-order valence-corrected chi connectivity index (χ1v) is 7.52. The van der Waals surface area contributed by atoms with Gasteiger partial charge in [0.2, 0.25) is 0 Å². The predicted octanol–water partition coefficient (Wildman–Crippen LogP) is 3.59. The highest BCUT2D eigenvalue weighted by atomic mass is 35.5. The SMILES string of the molecule is Cc1cc(C)c(C(=O)OCC(=O)Nc2ccc(C)c(F)c2)c(Cl)n1. The van der Waals surface area contributed by atoms with Gasteiger partial charge in [0.25, 0.3) is 5.91 Å². The minimum atomic E-state index is -0.741. The number of rotatable bonds is 4. The van der Waals surface area contributed by atoms with E-state index in [-0.39, 0.29) is 16.4 Å². The summed E-state index contributed by atoms with van der Waals surface area (Å²) in [4.78, 5) is 27.9. The fourth-order valence-electron chi connectivity index (χ4n) is 2.11. The molecular formula is C17H16ClFN2O3. The normalized spacial score (nSPS) is 10.4. The molecule has 0 radical (unpaired) electrons. The van der Waals surface area contributed by atoms with Gasteiger partial charge in [-0.1, -0.05) is 17.7 Å². The average molecular weight is 351 g/mol. The largest absolute Gasteiger partial charge is 0.452 e. The van der Waals surface area contributed by atoms with Crippen molar-refractivity contribution >= 4 is 29.2 Å². The summed E-state index contributed by atoms with van der Waals surface area (Å²) in [6.07, 6.45) is 0. The van der Waals surface area contributed by atoms with Crippen LogP contribution in [0.1, 0.15) is 27.2 Å². The Bertz CT molecular complexity index is 785. The van der Waals surface area contributed by atoms with E-state index in [0.717, 1.165) is 0 Å². The molecule has 0 aliphatic heterocycles. The van der Waals surface area contributed by atoms with Gasteiger partial charge < -0.3 is 10.1 Å². The molecule has 1 aromatic carbocycles. The van der Waals surface area contributed by atoms with E-state index in [0.29, 0.717) is 16.8 Å². The van der Waals surface area contributed by atoms with Crippen molar-refractivity contribution in [2.75, 3.05) is 11.9 Å². The van der Waals surface area contributed by atoms with Gasteiger partial charge in [0, 0.05) is 11.4 Å². The number of anilines is 1. The Morgan fingerprint density at radius 1 is 1.21 bits per heavy atom. The highest BCUT2D eigenvalue weighted by Crippen LogP contribution is 2.20. The number of esters is 1. The Morgan fingerprint density at radius 2 is 1.92 bits per heavy atom. The van der Waals surface area contributed by atoms with Crippen LogP contribution in [0.25, 0.3) is 0 Å². The zero-order valence-electron chi connectivity index (χ0n) is 13.4. The highest BCUT2D eigenvalue weighted by Gasteiger charge is 2.18. The van der Waals surface area contributed by atoms with Crippen LogP contribution in [0.3, 0.4) is 0 Å². The van der Waals surface area contributed by atoms with Crippen molar-refractivity contribution in [1.82, 2.24) is 4.98 Å². The van der Waals surface area contributed by atoms with Gasteiger partial charge in [0.15, 0.2) is 6.61 Å². The number of hydrogen-bond acceptors (Lipinski definition) is 4. The summed E-state index contributed by atoms with van der Waals surface area (Å²) < 4.78 is 18.4. The van der Waals surface area contributed by atoms with Crippen LogP contribution in [0, 0.1) is 26.6 Å². The summed E-state index contributed by atoms with van der Waals surface area (Å²) >= 11 is 5.95. The fraction of sp³-hybridized carbons (Fsp3) is 0.235. The van der Waals surface area contributed by atoms with Gasteiger partial charge in [-0.2, -0.15) is 0 Å². The van der Waals surface area contributed by atoms with E-state index in [1.165, 1.54) is 12.1 Å². The number of benzene rings is 1. The summed E-state index contributed by atoms with van der Waals surface area (Å²) in [5.41, 5.74) is 2.16. The summed E-state index contributed by atoms with van der Waals surface area (Å²) in [6, 6.07) is 5.98. The molecule has 0 saturated heterocycles. The molecule has 2 rings (SSSR count). The molecule has 5 nitrogen and oxygen atoms in total. The zero-order chi connectivity index (χ0) is 17.9. The van der Waals surface area contributed by atoms with E-state index in [1.807, 2.05) is 0 Å². The number of nitrogens with zero attached hydrogens (tertiary/aromatic N) is 1. The molecule has 126 valence electrons. The molecule has 0 aliphatic rings. The Morgan fingerprint density at radius 3 is 2.54 bits per heavy atom. The van der Waals surface area contributed by atoms with Gasteiger partial charge in [-0.05, 0) is 50.1 Å². The highest BCUT2D eigenvalue weighted by molar-refractivity contribution is 6.32. The Hall–Kier alpha value is -2.47. The fourth-order valence-corrected chi connectivity index (χ4v) is 2.47. The van der Waals surface area contributed by atoms with Gasteiger partial charge in [0.1, 0.15) is 11.0 Å². The van der Waals surface area contributed by atoms with Crippen molar-refractivity contribution < 1.29 is 18.7 Å². The zero-order valence-corrected chi connectivity index (χ0v) is 14.2. The second-order valence-electron chi connectivity index (χ2n) is 5.33. The second-order valence-corrected chi connectivity index (χ2v) is 5.69. The quantitative estimate of drug-likeness (QED) is 0.675. The number of ether oxygens (including phenoxy) is 1. The number of nitrogens with one attached hydrogen (secondary N) is 1. The van der Waals surface area contributed by atoms with Gasteiger partial charge in [0.05, 0.1) is 5.56 Å². The van der Waals surface area contributed by atoms with Crippen LogP contribution in [0.15, 0.2) is 24.3 Å². The van der Waals surface area contributed by atoms with Crippen molar-refractivity contribution in [2.24, 2.45) is 0 Å². The maximum Gasteiger partial charge on any atom is 0.342 e. The number of amides is 1. The van der Waals surface area contributed by atoms with Crippen LogP contribution in [0.4, 0.5) is 10.1 Å². The maximum absolute atomic E-state index is 13.4. The van der Waals surface area contributed by atoms with E-state index >= 15 is 0 Å². The summed E-state index contributed by atoms with van der Waals surface area (Å²) in [5, 5.41) is 2.48. The molecule has 24 heavy (non-hydrogen) atoms. The smallest absolute Gasteiger partial charge is 0.342 e. The van der Waals surface area contributed by atoms with Crippen LogP contribution in [0.2, 0.25) is 5.15 Å². The van der Waals surface area contributed by atoms with Gasteiger partial charge in [-0.15, -0.1) is 0 Å². The molecule has 1 heterocycles. The average Bonchev–Trinajstić information content (AvgIpc) is 2.48. The van der Waals surface area contributed by atoms with Crippen molar-refractivity contribution in [3.63, 3.8) is 0 Å². The van der Waals surface area contributed by atoms with Gasteiger partial charge in [-0.3, -0.25) is 4.79 Å². The Balaban J connectivity index is 1.99. The molecule has 0 aliphatic carbocycles. The Kier molecular flexibility index (Phi) is 5.51. The minimum absolute atomic E-state index is 0.0264. The number of halogens is 2. The Labute approximate surface area is 143 Å². The first kappa shape index (κ1) is 17.9. The van der Waals surface area contributed by atoms with E-state index in [2.05, 4.69) is 10.3 Å². The summed E-state index contributed by atoms with van der Waals surface area (Å²) in [7, 11) is 0. The predicted molar refractivity (Wildman–Crippen MR) is 88.8 cm³/mol. The molecule has 2 aromatic rings. The molecule has 0 atom stereocenters. The lowest BCUT2D eigenvalue weighted by atomic mass is 10.1. The van der Waals surface area contributed by atoms with E-state index in [1.54, 1.807) is 32.9 Å². The summed E-state index contributed by atoms with van der Waals surface area (Å²) in [6.45, 7) is 4.55. The van der Waals surface area contributed by atoms with Crippen LogP contribution in [0.5, 0.6) is 0 Å². The number of carbonyl (C=O) groups excluding carboxylic acids is 2. The van der Waals surface area contributed by atoms with Crippen LogP contribution < -0.4 is 5.32 Å². The monoisotopic (exact) mass is 350 g/mol. The number of aryl methyl sites for hydroxylation is 3.